The van der Waals surface area contributed by atoms with E-state index in [9.17, 15) is 8.78 Å². The van der Waals surface area contributed by atoms with Gasteiger partial charge in [-0.2, -0.15) is 0 Å². The fraction of sp³-hybridized carbons (Fsp3) is 0.167. The van der Waals surface area contributed by atoms with Gasteiger partial charge in [-0.3, -0.25) is 0 Å². The van der Waals surface area contributed by atoms with Gasteiger partial charge in [0, 0.05) is 10.6 Å². The van der Waals surface area contributed by atoms with Crippen molar-refractivity contribution in [2.75, 3.05) is 7.05 Å². The smallest absolute Gasteiger partial charge is 0.160 e. The summed E-state index contributed by atoms with van der Waals surface area (Å²) >= 11 is 19.1. The van der Waals surface area contributed by atoms with Crippen LogP contribution in [-0.2, 0) is 0 Å². The molecule has 7 heteroatoms. The molecule has 1 heterocycles. The van der Waals surface area contributed by atoms with Crippen LogP contribution in [0.3, 0.4) is 0 Å². The lowest BCUT2D eigenvalue weighted by Gasteiger charge is -2.18. The van der Waals surface area contributed by atoms with Crippen molar-refractivity contribution in [2.24, 2.45) is 0 Å². The molecule has 0 saturated carbocycles. The highest BCUT2D eigenvalue weighted by Crippen LogP contribution is 2.39. The van der Waals surface area contributed by atoms with Crippen LogP contribution in [0.5, 0.6) is 0 Å². The highest BCUT2D eigenvalue weighted by Gasteiger charge is 2.22. The van der Waals surface area contributed by atoms with Gasteiger partial charge in [-0.05, 0) is 30.8 Å². The van der Waals surface area contributed by atoms with Gasteiger partial charge in [0.1, 0.15) is 0 Å². The van der Waals surface area contributed by atoms with Crippen LogP contribution in [0, 0.1) is 11.6 Å². The summed E-state index contributed by atoms with van der Waals surface area (Å²) < 4.78 is 27.4. The first-order valence-corrected chi connectivity index (χ1v) is 7.15. The van der Waals surface area contributed by atoms with Gasteiger partial charge in [0.25, 0.3) is 0 Å². The van der Waals surface area contributed by atoms with Crippen molar-refractivity contribution < 1.29 is 8.78 Å². The minimum Gasteiger partial charge on any atom is -0.309 e. The second-order valence-corrected chi connectivity index (χ2v) is 6.48. The lowest BCUT2D eigenvalue weighted by molar-refractivity contribution is 0.505. The predicted octanol–water partition coefficient (Wildman–Crippen LogP) is 5.30. The molecule has 1 atom stereocenters. The van der Waals surface area contributed by atoms with E-state index in [1.807, 2.05) is 0 Å². The lowest BCUT2D eigenvalue weighted by atomic mass is 10.0. The average molecular weight is 343 g/mol. The Morgan fingerprint density at radius 3 is 2.21 bits per heavy atom. The maximum atomic E-state index is 13.4. The molecule has 2 aromatic rings. The Morgan fingerprint density at radius 1 is 1.05 bits per heavy atom. The summed E-state index contributed by atoms with van der Waals surface area (Å²) in [7, 11) is 1.67. The summed E-state index contributed by atoms with van der Waals surface area (Å²) in [5.41, 5.74) is 1.08. The molecule has 19 heavy (non-hydrogen) atoms. The zero-order valence-corrected chi connectivity index (χ0v) is 12.7. The molecule has 0 spiro atoms. The van der Waals surface area contributed by atoms with Gasteiger partial charge < -0.3 is 5.32 Å². The topological polar surface area (TPSA) is 12.0 Å². The van der Waals surface area contributed by atoms with E-state index in [0.717, 1.165) is 12.1 Å². The van der Waals surface area contributed by atoms with Gasteiger partial charge in [-0.25, -0.2) is 8.78 Å². The van der Waals surface area contributed by atoms with Crippen molar-refractivity contribution in [1.82, 2.24) is 5.32 Å². The Kier molecular flexibility index (Phi) is 4.69. The number of benzene rings is 1. The summed E-state index contributed by atoms with van der Waals surface area (Å²) in [6.07, 6.45) is 0. The second kappa shape index (κ2) is 5.94. The van der Waals surface area contributed by atoms with Gasteiger partial charge in [0.05, 0.1) is 14.7 Å². The van der Waals surface area contributed by atoms with E-state index in [4.69, 9.17) is 34.8 Å². The first kappa shape index (κ1) is 15.0. The average Bonchev–Trinajstić information content (AvgIpc) is 2.66. The number of hydrogen-bond acceptors (Lipinski definition) is 2. The lowest BCUT2D eigenvalue weighted by Crippen LogP contribution is -2.18. The largest absolute Gasteiger partial charge is 0.309 e. The molecule has 0 fully saturated rings. The Bertz CT molecular complexity index is 615. The van der Waals surface area contributed by atoms with Crippen LogP contribution < -0.4 is 5.32 Å². The third-order valence-electron chi connectivity index (χ3n) is 2.63. The van der Waals surface area contributed by atoms with Crippen molar-refractivity contribution in [3.8, 4) is 0 Å². The first-order valence-electron chi connectivity index (χ1n) is 5.20. The predicted molar refractivity (Wildman–Crippen MR) is 76.6 cm³/mol. The molecule has 1 unspecified atom stereocenters. The SMILES string of the molecule is CNC(c1cc(F)c(F)cc1Cl)c1cc(Cl)sc1Cl. The van der Waals surface area contributed by atoms with Gasteiger partial charge in [-0.15, -0.1) is 11.3 Å². The molecule has 2 rings (SSSR count). The van der Waals surface area contributed by atoms with E-state index < -0.39 is 17.7 Å². The maximum absolute atomic E-state index is 13.4. The molecule has 1 aromatic heterocycles. The zero-order chi connectivity index (χ0) is 14.2. The first-order chi connectivity index (χ1) is 8.93. The van der Waals surface area contributed by atoms with Crippen LogP contribution in [0.25, 0.3) is 0 Å². The van der Waals surface area contributed by atoms with Crippen molar-refractivity contribution >= 4 is 46.1 Å². The van der Waals surface area contributed by atoms with E-state index in [-0.39, 0.29) is 5.02 Å². The fourth-order valence-electron chi connectivity index (χ4n) is 1.79. The summed E-state index contributed by atoms with van der Waals surface area (Å²) in [6, 6.07) is 3.21. The Balaban J connectivity index is 2.54. The number of thiophene rings is 1. The molecular weight excluding hydrogens is 335 g/mol. The second-order valence-electron chi connectivity index (χ2n) is 3.79. The van der Waals surface area contributed by atoms with E-state index >= 15 is 0 Å². The number of nitrogens with one attached hydrogen (secondary N) is 1. The van der Waals surface area contributed by atoms with Gasteiger partial charge >= 0.3 is 0 Å². The Labute approximate surface area is 128 Å². The van der Waals surface area contributed by atoms with Gasteiger partial charge in [0.15, 0.2) is 11.6 Å². The summed E-state index contributed by atoms with van der Waals surface area (Å²) in [4.78, 5) is 0. The van der Waals surface area contributed by atoms with E-state index in [1.54, 1.807) is 13.1 Å². The van der Waals surface area contributed by atoms with E-state index in [0.29, 0.717) is 19.8 Å². The summed E-state index contributed by atoms with van der Waals surface area (Å²) in [5, 5.41) is 3.09. The number of hydrogen-bond donors (Lipinski definition) is 1. The molecule has 1 N–H and O–H groups in total. The Hall–Kier alpha value is -0.390. The van der Waals surface area contributed by atoms with Crippen molar-refractivity contribution in [1.29, 1.82) is 0 Å². The Morgan fingerprint density at radius 2 is 1.68 bits per heavy atom. The number of rotatable bonds is 3. The highest BCUT2D eigenvalue weighted by molar-refractivity contribution is 7.20. The van der Waals surface area contributed by atoms with Crippen LogP contribution >= 0.6 is 46.1 Å². The van der Waals surface area contributed by atoms with Crippen LogP contribution in [0.2, 0.25) is 13.7 Å². The zero-order valence-electron chi connectivity index (χ0n) is 9.61. The molecule has 0 amide bonds. The molecule has 102 valence electrons. The molecule has 0 aliphatic rings. The van der Waals surface area contributed by atoms with Gasteiger partial charge in [0.2, 0.25) is 0 Å². The fourth-order valence-corrected chi connectivity index (χ4v) is 3.58. The van der Waals surface area contributed by atoms with E-state index in [1.165, 1.54) is 11.3 Å². The maximum Gasteiger partial charge on any atom is 0.160 e. The molecule has 0 aliphatic heterocycles. The molecule has 0 bridgehead atoms. The highest BCUT2D eigenvalue weighted by atomic mass is 35.5. The molecule has 0 saturated heterocycles. The van der Waals surface area contributed by atoms with E-state index in [2.05, 4.69) is 5.32 Å². The summed E-state index contributed by atoms with van der Waals surface area (Å²) in [6.45, 7) is 0. The third kappa shape index (κ3) is 3.03. The van der Waals surface area contributed by atoms with Crippen LogP contribution in [0.15, 0.2) is 18.2 Å². The van der Waals surface area contributed by atoms with Crippen molar-refractivity contribution in [3.63, 3.8) is 0 Å². The minimum absolute atomic E-state index is 0.122. The molecular formula is C12H8Cl3F2NS. The minimum atomic E-state index is -0.988. The molecule has 1 nitrogen and oxygen atoms in total. The van der Waals surface area contributed by atoms with Crippen LogP contribution in [-0.4, -0.2) is 7.05 Å². The normalized spacial score (nSPS) is 12.7. The molecule has 0 aliphatic carbocycles. The number of halogens is 5. The standard InChI is InChI=1S/C12H8Cl3F2NS/c1-18-11(6-3-10(14)19-12(6)15)5-2-8(16)9(17)4-7(5)13/h2-4,11,18H,1H3. The van der Waals surface area contributed by atoms with Crippen LogP contribution in [0.1, 0.15) is 17.2 Å². The summed E-state index contributed by atoms with van der Waals surface area (Å²) in [5.74, 6) is -1.95. The monoisotopic (exact) mass is 341 g/mol. The van der Waals surface area contributed by atoms with Gasteiger partial charge in [-0.1, -0.05) is 34.8 Å². The third-order valence-corrected chi connectivity index (χ3v) is 4.48. The quantitative estimate of drug-likeness (QED) is 0.747. The van der Waals surface area contributed by atoms with Crippen molar-refractivity contribution in [2.45, 2.75) is 6.04 Å². The molecule has 1 aromatic carbocycles. The van der Waals surface area contributed by atoms with Crippen LogP contribution in [0.4, 0.5) is 8.78 Å². The molecule has 0 radical (unpaired) electrons. The van der Waals surface area contributed by atoms with Crippen molar-refractivity contribution in [3.05, 3.63) is 54.7 Å².